The Kier molecular flexibility index (Phi) is 4.54. The molecule has 0 atom stereocenters. The van der Waals surface area contributed by atoms with Crippen LogP contribution in [-0.2, 0) is 13.8 Å². The lowest BCUT2D eigenvalue weighted by molar-refractivity contribution is -0.116. The van der Waals surface area contributed by atoms with Gasteiger partial charge in [-0.15, -0.1) is 0 Å². The Labute approximate surface area is 105 Å². The van der Waals surface area contributed by atoms with Crippen LogP contribution >= 0.6 is 10.7 Å². The monoisotopic (exact) mass is 275 g/mol. The lowest BCUT2D eigenvalue weighted by Gasteiger charge is -2.07. The van der Waals surface area contributed by atoms with Crippen LogP contribution in [0.4, 0.5) is 5.69 Å². The predicted octanol–water partition coefficient (Wildman–Crippen LogP) is 2.66. The standard InChI is InChI=1S/C11H14ClNO3S/c1-3-4-11(14)13-9-5-6-10(8(2)7-9)17(12,15)16/h5-7H,3-4H2,1-2H3,(H,13,14). The van der Waals surface area contributed by atoms with Gasteiger partial charge in [0.2, 0.25) is 5.91 Å². The third kappa shape index (κ3) is 4.02. The number of benzene rings is 1. The highest BCUT2D eigenvalue weighted by atomic mass is 35.7. The van der Waals surface area contributed by atoms with Gasteiger partial charge >= 0.3 is 0 Å². The lowest BCUT2D eigenvalue weighted by Crippen LogP contribution is -2.10. The highest BCUT2D eigenvalue weighted by molar-refractivity contribution is 8.13. The second kappa shape index (κ2) is 5.51. The van der Waals surface area contributed by atoms with E-state index in [0.29, 0.717) is 17.7 Å². The fraction of sp³-hybridized carbons (Fsp3) is 0.364. The third-order valence-corrected chi connectivity index (χ3v) is 3.68. The molecule has 0 unspecified atom stereocenters. The van der Waals surface area contributed by atoms with Gasteiger partial charge < -0.3 is 5.32 Å². The quantitative estimate of drug-likeness (QED) is 0.859. The van der Waals surface area contributed by atoms with Crippen molar-refractivity contribution in [3.63, 3.8) is 0 Å². The van der Waals surface area contributed by atoms with Crippen molar-refractivity contribution >= 4 is 31.3 Å². The summed E-state index contributed by atoms with van der Waals surface area (Å²) < 4.78 is 22.3. The number of aryl methyl sites for hydroxylation is 1. The van der Waals surface area contributed by atoms with Crippen molar-refractivity contribution in [3.8, 4) is 0 Å². The molecule has 0 radical (unpaired) electrons. The Morgan fingerprint density at radius 3 is 2.53 bits per heavy atom. The van der Waals surface area contributed by atoms with Crippen LogP contribution in [0.15, 0.2) is 23.1 Å². The molecule has 0 aliphatic carbocycles. The van der Waals surface area contributed by atoms with Gasteiger partial charge in [-0.2, -0.15) is 0 Å². The van der Waals surface area contributed by atoms with Crippen LogP contribution in [0, 0.1) is 6.92 Å². The smallest absolute Gasteiger partial charge is 0.261 e. The Morgan fingerprint density at radius 1 is 1.41 bits per heavy atom. The third-order valence-electron chi connectivity index (χ3n) is 2.20. The van der Waals surface area contributed by atoms with E-state index in [1.165, 1.54) is 12.1 Å². The number of anilines is 1. The number of halogens is 1. The summed E-state index contributed by atoms with van der Waals surface area (Å²) in [5, 5.41) is 2.69. The number of carbonyl (C=O) groups is 1. The molecule has 4 nitrogen and oxygen atoms in total. The minimum absolute atomic E-state index is 0.0626. The van der Waals surface area contributed by atoms with Crippen molar-refractivity contribution in [2.24, 2.45) is 0 Å². The molecule has 0 saturated heterocycles. The molecular formula is C11H14ClNO3S. The molecule has 0 heterocycles. The van der Waals surface area contributed by atoms with Crippen LogP contribution in [0.5, 0.6) is 0 Å². The Balaban J connectivity index is 2.94. The van der Waals surface area contributed by atoms with E-state index < -0.39 is 9.05 Å². The summed E-state index contributed by atoms with van der Waals surface area (Å²) in [6.45, 7) is 3.54. The molecular weight excluding hydrogens is 262 g/mol. The maximum atomic E-state index is 11.4. The number of amides is 1. The zero-order valence-corrected chi connectivity index (χ0v) is 11.2. The van der Waals surface area contributed by atoms with Gasteiger partial charge in [0, 0.05) is 22.8 Å². The van der Waals surface area contributed by atoms with Crippen LogP contribution in [0.1, 0.15) is 25.3 Å². The molecule has 0 saturated carbocycles. The average Bonchev–Trinajstić information content (AvgIpc) is 2.15. The first-order chi connectivity index (χ1) is 7.84. The minimum Gasteiger partial charge on any atom is -0.326 e. The molecule has 6 heteroatoms. The summed E-state index contributed by atoms with van der Waals surface area (Å²) >= 11 is 0. The first-order valence-electron chi connectivity index (χ1n) is 5.19. The van der Waals surface area contributed by atoms with Gasteiger partial charge in [0.05, 0.1) is 4.90 Å². The number of hydrogen-bond acceptors (Lipinski definition) is 3. The normalized spacial score (nSPS) is 11.2. The van der Waals surface area contributed by atoms with E-state index in [0.717, 1.165) is 6.42 Å². The molecule has 0 spiro atoms. The first-order valence-corrected chi connectivity index (χ1v) is 7.50. The Morgan fingerprint density at radius 2 is 2.06 bits per heavy atom. The van der Waals surface area contributed by atoms with Crippen LogP contribution in [0.3, 0.4) is 0 Å². The number of hydrogen-bond donors (Lipinski definition) is 1. The molecule has 0 aliphatic heterocycles. The second-order valence-electron chi connectivity index (χ2n) is 3.72. The molecule has 94 valence electrons. The maximum Gasteiger partial charge on any atom is 0.261 e. The predicted molar refractivity (Wildman–Crippen MR) is 67.8 cm³/mol. The van der Waals surface area contributed by atoms with Gasteiger partial charge in [-0.1, -0.05) is 6.92 Å². The number of nitrogens with one attached hydrogen (secondary N) is 1. The van der Waals surface area contributed by atoms with Gasteiger partial charge in [0.25, 0.3) is 9.05 Å². The van der Waals surface area contributed by atoms with Gasteiger partial charge in [0.15, 0.2) is 0 Å². The molecule has 0 bridgehead atoms. The zero-order chi connectivity index (χ0) is 13.1. The molecule has 0 aliphatic rings. The zero-order valence-electron chi connectivity index (χ0n) is 9.66. The average molecular weight is 276 g/mol. The fourth-order valence-electron chi connectivity index (χ4n) is 1.45. The maximum absolute atomic E-state index is 11.4. The summed E-state index contributed by atoms with van der Waals surface area (Å²) in [4.78, 5) is 11.4. The van der Waals surface area contributed by atoms with Crippen molar-refractivity contribution in [1.82, 2.24) is 0 Å². The van der Waals surface area contributed by atoms with E-state index in [4.69, 9.17) is 10.7 Å². The van der Waals surface area contributed by atoms with E-state index in [1.807, 2.05) is 6.92 Å². The van der Waals surface area contributed by atoms with Gasteiger partial charge in [-0.3, -0.25) is 4.79 Å². The van der Waals surface area contributed by atoms with Crippen molar-refractivity contribution < 1.29 is 13.2 Å². The second-order valence-corrected chi connectivity index (χ2v) is 6.25. The van der Waals surface area contributed by atoms with Crippen LogP contribution in [0.2, 0.25) is 0 Å². The van der Waals surface area contributed by atoms with E-state index in [-0.39, 0.29) is 10.8 Å². The molecule has 0 fully saturated rings. The summed E-state index contributed by atoms with van der Waals surface area (Å²) in [7, 11) is 1.53. The molecule has 1 amide bonds. The Bertz CT molecular complexity index is 526. The van der Waals surface area contributed by atoms with E-state index in [2.05, 4.69) is 5.32 Å². The van der Waals surface area contributed by atoms with Crippen LogP contribution in [-0.4, -0.2) is 14.3 Å². The van der Waals surface area contributed by atoms with Gasteiger partial charge in [-0.25, -0.2) is 8.42 Å². The summed E-state index contributed by atoms with van der Waals surface area (Å²) in [6.07, 6.45) is 1.20. The molecule has 1 N–H and O–H groups in total. The molecule has 1 aromatic carbocycles. The Hall–Kier alpha value is -1.07. The van der Waals surface area contributed by atoms with Crippen LogP contribution in [0.25, 0.3) is 0 Å². The van der Waals surface area contributed by atoms with E-state index in [1.54, 1.807) is 13.0 Å². The largest absolute Gasteiger partial charge is 0.326 e. The summed E-state index contributed by atoms with van der Waals surface area (Å²) in [6, 6.07) is 4.50. The highest BCUT2D eigenvalue weighted by Gasteiger charge is 2.13. The minimum atomic E-state index is -3.73. The highest BCUT2D eigenvalue weighted by Crippen LogP contribution is 2.22. The summed E-state index contributed by atoms with van der Waals surface area (Å²) in [5.41, 5.74) is 1.08. The molecule has 0 aromatic heterocycles. The van der Waals surface area contributed by atoms with E-state index >= 15 is 0 Å². The SMILES string of the molecule is CCCC(=O)Nc1ccc(S(=O)(=O)Cl)c(C)c1. The molecule has 1 aromatic rings. The molecule has 17 heavy (non-hydrogen) atoms. The van der Waals surface area contributed by atoms with Crippen LogP contribution < -0.4 is 5.32 Å². The topological polar surface area (TPSA) is 63.2 Å². The summed E-state index contributed by atoms with van der Waals surface area (Å²) in [5.74, 6) is -0.0895. The fourth-order valence-corrected chi connectivity index (χ4v) is 2.64. The van der Waals surface area contributed by atoms with Gasteiger partial charge in [-0.05, 0) is 37.1 Å². The molecule has 1 rings (SSSR count). The number of carbonyl (C=O) groups excluding carboxylic acids is 1. The number of rotatable bonds is 4. The van der Waals surface area contributed by atoms with E-state index in [9.17, 15) is 13.2 Å². The van der Waals surface area contributed by atoms with Crippen molar-refractivity contribution in [2.45, 2.75) is 31.6 Å². The van der Waals surface area contributed by atoms with Crippen molar-refractivity contribution in [3.05, 3.63) is 23.8 Å². The lowest BCUT2D eigenvalue weighted by atomic mass is 10.2. The first kappa shape index (κ1) is 14.0. The van der Waals surface area contributed by atoms with Crippen molar-refractivity contribution in [2.75, 3.05) is 5.32 Å². The van der Waals surface area contributed by atoms with Gasteiger partial charge in [0.1, 0.15) is 0 Å². The van der Waals surface area contributed by atoms with Crippen molar-refractivity contribution in [1.29, 1.82) is 0 Å².